The van der Waals surface area contributed by atoms with Crippen LogP contribution in [0, 0.1) is 56.7 Å². The molecule has 5 aliphatic carbocycles. The van der Waals surface area contributed by atoms with E-state index < -0.39 is 6.10 Å². The number of carbonyl (C=O) groups is 1. The minimum absolute atomic E-state index is 0.0178. The Bertz CT molecular complexity index is 1130. The van der Waals surface area contributed by atoms with Crippen LogP contribution in [0.3, 0.4) is 0 Å². The van der Waals surface area contributed by atoms with E-state index in [2.05, 4.69) is 62.0 Å². The topological polar surface area (TPSA) is 46.5 Å². The van der Waals surface area contributed by atoms with Crippen molar-refractivity contribution in [2.45, 2.75) is 215 Å². The summed E-state index contributed by atoms with van der Waals surface area (Å²) in [5.74, 6) is 3.02. The van der Waals surface area contributed by atoms with E-state index in [9.17, 15) is 9.90 Å². The number of hydrogen-bond donors (Lipinski definition) is 1. The van der Waals surface area contributed by atoms with Gasteiger partial charge in [0, 0.05) is 18.3 Å². The van der Waals surface area contributed by atoms with E-state index in [1.165, 1.54) is 121 Å². The quantitative estimate of drug-likeness (QED) is 0.100. The second kappa shape index (κ2) is 15.6. The van der Waals surface area contributed by atoms with Crippen molar-refractivity contribution in [3.8, 4) is 0 Å². The van der Waals surface area contributed by atoms with Crippen molar-refractivity contribution in [1.29, 1.82) is 0 Å². The Hall–Kier alpha value is -0.830. The van der Waals surface area contributed by atoms with Crippen LogP contribution in [0.5, 0.6) is 0 Å². The summed E-state index contributed by atoms with van der Waals surface area (Å²) < 4.78 is 6.62. The lowest BCUT2D eigenvalue weighted by Gasteiger charge is -2.73. The summed E-state index contributed by atoms with van der Waals surface area (Å²) in [7, 11) is 0. The number of aliphatic hydroxyl groups excluding tert-OH is 1. The second-order valence-corrected chi connectivity index (χ2v) is 20.2. The zero-order chi connectivity index (χ0) is 35.7. The smallest absolute Gasteiger partial charge is 0.306 e. The molecule has 0 bridgehead atoms. The molecule has 5 fully saturated rings. The third-order valence-corrected chi connectivity index (χ3v) is 17.3. The highest BCUT2D eigenvalue weighted by Crippen LogP contribution is 2.77. The normalized spacial score (nSPS) is 42.4. The van der Waals surface area contributed by atoms with Gasteiger partial charge in [-0.2, -0.15) is 0 Å². The molecule has 3 heteroatoms. The standard InChI is InChI=1S/C46H80O3/c1-10-11-12-13-14-15-16-17-18-19-20-21-22-23-40(48)49-39-32-38(47)42(4,5)36-27-29-45(8)37(46(36,39)9)25-24-35-41-34(33(2)3)26-28-43(41,6)30-31-44(35,45)7/h34-39,41,47H,2,10-32H2,1,3-9H3/t34-,35+,36+,37+,38-,39?,41+,43+,44+,45+,46-/m0/s1. The van der Waals surface area contributed by atoms with E-state index in [0.29, 0.717) is 36.0 Å². The van der Waals surface area contributed by atoms with E-state index in [1.54, 1.807) is 0 Å². The number of rotatable bonds is 16. The predicted molar refractivity (Wildman–Crippen MR) is 206 cm³/mol. The highest BCUT2D eigenvalue weighted by atomic mass is 16.5. The summed E-state index contributed by atoms with van der Waals surface area (Å²) in [5.41, 5.74) is 2.09. The van der Waals surface area contributed by atoms with Gasteiger partial charge in [0.1, 0.15) is 6.10 Å². The van der Waals surface area contributed by atoms with Crippen LogP contribution in [0.15, 0.2) is 12.2 Å². The number of hydrogen-bond acceptors (Lipinski definition) is 3. The molecular formula is C46H80O3. The van der Waals surface area contributed by atoms with Crippen LogP contribution in [-0.2, 0) is 9.53 Å². The zero-order valence-corrected chi connectivity index (χ0v) is 33.8. The van der Waals surface area contributed by atoms with Gasteiger partial charge in [-0.05, 0) is 116 Å². The van der Waals surface area contributed by atoms with Crippen LogP contribution in [0.25, 0.3) is 0 Å². The van der Waals surface area contributed by atoms with Gasteiger partial charge in [-0.1, -0.05) is 138 Å². The molecule has 0 heterocycles. The lowest BCUT2D eigenvalue weighted by Crippen LogP contribution is -2.70. The molecule has 5 saturated carbocycles. The highest BCUT2D eigenvalue weighted by Gasteiger charge is 2.72. The molecular weight excluding hydrogens is 601 g/mol. The highest BCUT2D eigenvalue weighted by molar-refractivity contribution is 5.69. The maximum Gasteiger partial charge on any atom is 0.306 e. The lowest BCUT2D eigenvalue weighted by atomic mass is 9.32. The Balaban J connectivity index is 1.21. The minimum Gasteiger partial charge on any atom is -0.462 e. The van der Waals surface area contributed by atoms with Crippen LogP contribution in [-0.4, -0.2) is 23.3 Å². The van der Waals surface area contributed by atoms with Gasteiger partial charge in [-0.15, -0.1) is 0 Å². The Kier molecular flexibility index (Phi) is 12.6. The van der Waals surface area contributed by atoms with Gasteiger partial charge < -0.3 is 9.84 Å². The molecule has 11 atom stereocenters. The number of esters is 1. The molecule has 5 rings (SSSR count). The van der Waals surface area contributed by atoms with Gasteiger partial charge >= 0.3 is 5.97 Å². The van der Waals surface area contributed by atoms with Crippen molar-refractivity contribution in [3.63, 3.8) is 0 Å². The maximum absolute atomic E-state index is 13.6. The monoisotopic (exact) mass is 681 g/mol. The van der Waals surface area contributed by atoms with Crippen molar-refractivity contribution < 1.29 is 14.6 Å². The minimum atomic E-state index is -0.429. The maximum atomic E-state index is 13.6. The van der Waals surface area contributed by atoms with Gasteiger partial charge in [0.05, 0.1) is 6.10 Å². The Morgan fingerprint density at radius 1 is 0.714 bits per heavy atom. The molecule has 0 amide bonds. The summed E-state index contributed by atoms with van der Waals surface area (Å²) in [6.07, 6.45) is 27.8. The number of ether oxygens (including phenoxy) is 1. The zero-order valence-electron chi connectivity index (χ0n) is 33.8. The van der Waals surface area contributed by atoms with Crippen LogP contribution in [0.2, 0.25) is 0 Å². The molecule has 0 aromatic rings. The summed E-state index contributed by atoms with van der Waals surface area (Å²) in [4.78, 5) is 13.6. The Morgan fingerprint density at radius 3 is 1.90 bits per heavy atom. The van der Waals surface area contributed by atoms with Gasteiger partial charge in [0.25, 0.3) is 0 Å². The van der Waals surface area contributed by atoms with E-state index in [1.807, 2.05) is 0 Å². The molecule has 3 nitrogen and oxygen atoms in total. The first kappa shape index (κ1) is 39.4. The van der Waals surface area contributed by atoms with Gasteiger partial charge in [0.2, 0.25) is 0 Å². The number of unbranched alkanes of at least 4 members (excludes halogenated alkanes) is 12. The number of fused-ring (bicyclic) bond motifs is 7. The fraction of sp³-hybridized carbons (Fsp3) is 0.935. The summed E-state index contributed by atoms with van der Waals surface area (Å²) >= 11 is 0. The number of allylic oxidation sites excluding steroid dienone is 1. The van der Waals surface area contributed by atoms with Crippen molar-refractivity contribution in [1.82, 2.24) is 0 Å². The predicted octanol–water partition coefficient (Wildman–Crippen LogP) is 13.0. The fourth-order valence-corrected chi connectivity index (χ4v) is 14.1. The second-order valence-electron chi connectivity index (χ2n) is 20.2. The average Bonchev–Trinajstić information content (AvgIpc) is 3.40. The fourth-order valence-electron chi connectivity index (χ4n) is 14.1. The molecule has 0 aromatic carbocycles. The van der Waals surface area contributed by atoms with Crippen LogP contribution >= 0.6 is 0 Å². The van der Waals surface area contributed by atoms with Gasteiger partial charge in [0.15, 0.2) is 0 Å². The van der Waals surface area contributed by atoms with Crippen molar-refractivity contribution >= 4 is 5.97 Å². The first-order valence-electron chi connectivity index (χ1n) is 21.7. The van der Waals surface area contributed by atoms with Crippen molar-refractivity contribution in [2.75, 3.05) is 0 Å². The lowest BCUT2D eigenvalue weighted by molar-refractivity contribution is -0.277. The van der Waals surface area contributed by atoms with E-state index >= 15 is 0 Å². The van der Waals surface area contributed by atoms with Crippen LogP contribution in [0.1, 0.15) is 203 Å². The Labute approximate surface area is 304 Å². The molecule has 282 valence electrons. The van der Waals surface area contributed by atoms with Crippen molar-refractivity contribution in [2.24, 2.45) is 56.7 Å². The summed E-state index contributed by atoms with van der Waals surface area (Å²) in [6.45, 7) is 24.2. The van der Waals surface area contributed by atoms with Crippen LogP contribution < -0.4 is 0 Å². The van der Waals surface area contributed by atoms with E-state index in [0.717, 1.165) is 31.1 Å². The third kappa shape index (κ3) is 7.26. The van der Waals surface area contributed by atoms with E-state index in [-0.39, 0.29) is 33.7 Å². The van der Waals surface area contributed by atoms with E-state index in [4.69, 9.17) is 4.74 Å². The van der Waals surface area contributed by atoms with Crippen molar-refractivity contribution in [3.05, 3.63) is 12.2 Å². The van der Waals surface area contributed by atoms with Gasteiger partial charge in [-0.3, -0.25) is 4.79 Å². The molecule has 1 unspecified atom stereocenters. The molecule has 0 aliphatic heterocycles. The largest absolute Gasteiger partial charge is 0.462 e. The molecule has 0 spiro atoms. The molecule has 0 aromatic heterocycles. The third-order valence-electron chi connectivity index (χ3n) is 17.3. The molecule has 49 heavy (non-hydrogen) atoms. The average molecular weight is 681 g/mol. The molecule has 0 radical (unpaired) electrons. The Morgan fingerprint density at radius 2 is 1.31 bits per heavy atom. The number of carbonyl (C=O) groups excluding carboxylic acids is 1. The molecule has 1 N–H and O–H groups in total. The van der Waals surface area contributed by atoms with Crippen LogP contribution in [0.4, 0.5) is 0 Å². The SMILES string of the molecule is C=C(C)[C@@H]1CC[C@]2(C)CC[C@]3(C)[C@H](CC[C@H]4[C@@]5(C)C(OC(=O)CCCCCCCCCCCCCCC)C[C@H](O)C(C)(C)[C@H]5CC[C@]43C)[C@@H]12. The summed E-state index contributed by atoms with van der Waals surface area (Å²) in [6, 6.07) is 0. The number of aliphatic hydroxyl groups is 1. The first-order valence-corrected chi connectivity index (χ1v) is 21.7. The van der Waals surface area contributed by atoms with Gasteiger partial charge in [-0.25, -0.2) is 0 Å². The first-order chi connectivity index (χ1) is 23.2. The summed E-state index contributed by atoms with van der Waals surface area (Å²) in [5, 5.41) is 11.6. The molecule has 0 saturated heterocycles. The molecule has 5 aliphatic rings.